The summed E-state index contributed by atoms with van der Waals surface area (Å²) in [5.74, 6) is 1.19. The van der Waals surface area contributed by atoms with Crippen molar-refractivity contribution in [3.63, 3.8) is 0 Å². The fourth-order valence-corrected chi connectivity index (χ4v) is 2.54. The first-order chi connectivity index (χ1) is 11.0. The van der Waals surface area contributed by atoms with Gasteiger partial charge in [0.15, 0.2) is 11.4 Å². The maximum absolute atomic E-state index is 12.7. The molecule has 1 N–H and O–H groups in total. The van der Waals surface area contributed by atoms with E-state index < -0.39 is 11.9 Å². The van der Waals surface area contributed by atoms with Crippen LogP contribution in [0.5, 0.6) is 0 Å². The molecule has 0 saturated heterocycles. The first-order valence-corrected chi connectivity index (χ1v) is 7.05. The van der Waals surface area contributed by atoms with E-state index in [2.05, 4.69) is 20.3 Å². The number of nitrogens with one attached hydrogen (secondary N) is 1. The lowest BCUT2D eigenvalue weighted by molar-refractivity contribution is -0.141. The standard InChI is InChI=1S/C14H13F3N6/c15-14(16,17)11-8-23-7-9(1-2-13(23)22-11)4-20-12-6-19-10(3-18)5-21-12/h5-6,8-9H,1-2,4,7H2,(H,20,21). The zero-order valence-electron chi connectivity index (χ0n) is 12.0. The molecule has 120 valence electrons. The third-order valence-corrected chi connectivity index (χ3v) is 3.72. The number of anilines is 1. The number of aryl methyl sites for hydroxylation is 1. The smallest absolute Gasteiger partial charge is 0.368 e. The summed E-state index contributed by atoms with van der Waals surface area (Å²) in [5, 5.41) is 11.7. The van der Waals surface area contributed by atoms with Crippen LogP contribution in [0.25, 0.3) is 0 Å². The highest BCUT2D eigenvalue weighted by Crippen LogP contribution is 2.30. The second-order valence-electron chi connectivity index (χ2n) is 5.38. The molecule has 2 aromatic heterocycles. The number of hydrogen-bond donors (Lipinski definition) is 1. The highest BCUT2D eigenvalue weighted by Gasteiger charge is 2.35. The Labute approximate surface area is 130 Å². The summed E-state index contributed by atoms with van der Waals surface area (Å²) in [6.07, 6.45) is 0.768. The van der Waals surface area contributed by atoms with E-state index in [1.807, 2.05) is 6.07 Å². The normalized spacial score (nSPS) is 17.4. The molecule has 1 aliphatic heterocycles. The van der Waals surface area contributed by atoms with Crippen LogP contribution in [0.4, 0.5) is 19.0 Å². The monoisotopic (exact) mass is 322 g/mol. The Morgan fingerprint density at radius 3 is 2.83 bits per heavy atom. The largest absolute Gasteiger partial charge is 0.434 e. The minimum Gasteiger partial charge on any atom is -0.368 e. The van der Waals surface area contributed by atoms with E-state index in [0.717, 1.165) is 12.6 Å². The van der Waals surface area contributed by atoms with Crippen LogP contribution in [-0.2, 0) is 19.1 Å². The highest BCUT2D eigenvalue weighted by molar-refractivity contribution is 5.33. The molecule has 0 saturated carbocycles. The second kappa shape index (κ2) is 5.87. The van der Waals surface area contributed by atoms with Crippen LogP contribution < -0.4 is 5.32 Å². The van der Waals surface area contributed by atoms with E-state index in [0.29, 0.717) is 31.2 Å². The van der Waals surface area contributed by atoms with Crippen molar-refractivity contribution >= 4 is 5.82 Å². The second-order valence-corrected chi connectivity index (χ2v) is 5.38. The highest BCUT2D eigenvalue weighted by atomic mass is 19.4. The van der Waals surface area contributed by atoms with E-state index in [-0.39, 0.29) is 11.6 Å². The zero-order valence-corrected chi connectivity index (χ0v) is 12.0. The number of rotatable bonds is 3. The number of halogens is 3. The molecule has 0 spiro atoms. The summed E-state index contributed by atoms with van der Waals surface area (Å²) < 4.78 is 39.6. The molecular weight excluding hydrogens is 309 g/mol. The number of alkyl halides is 3. The van der Waals surface area contributed by atoms with E-state index >= 15 is 0 Å². The van der Waals surface area contributed by atoms with Crippen LogP contribution in [0.3, 0.4) is 0 Å². The molecule has 3 rings (SSSR count). The van der Waals surface area contributed by atoms with Gasteiger partial charge in [0.2, 0.25) is 0 Å². The molecule has 23 heavy (non-hydrogen) atoms. The molecule has 0 bridgehead atoms. The summed E-state index contributed by atoms with van der Waals surface area (Å²) in [6.45, 7) is 1.05. The van der Waals surface area contributed by atoms with E-state index in [1.54, 1.807) is 4.57 Å². The quantitative estimate of drug-likeness (QED) is 0.937. The predicted molar refractivity (Wildman–Crippen MR) is 74.3 cm³/mol. The molecule has 0 fully saturated rings. The molecule has 9 heteroatoms. The molecule has 1 aliphatic rings. The Bertz CT molecular complexity index is 728. The average molecular weight is 322 g/mol. The number of imidazole rings is 1. The first kappa shape index (κ1) is 15.3. The van der Waals surface area contributed by atoms with Gasteiger partial charge in [-0.05, 0) is 12.3 Å². The number of nitrogens with zero attached hydrogens (tertiary/aromatic N) is 5. The fourth-order valence-electron chi connectivity index (χ4n) is 2.54. The van der Waals surface area contributed by atoms with Crippen molar-refractivity contribution in [2.45, 2.75) is 25.6 Å². The summed E-state index contributed by atoms with van der Waals surface area (Å²) in [5.41, 5.74) is -0.602. The summed E-state index contributed by atoms with van der Waals surface area (Å²) in [7, 11) is 0. The fraction of sp³-hybridized carbons (Fsp3) is 0.429. The average Bonchev–Trinajstić information content (AvgIpc) is 2.97. The molecule has 6 nitrogen and oxygen atoms in total. The zero-order chi connectivity index (χ0) is 16.4. The van der Waals surface area contributed by atoms with Crippen LogP contribution in [0.15, 0.2) is 18.6 Å². The Hall–Kier alpha value is -2.63. The van der Waals surface area contributed by atoms with Gasteiger partial charge in [-0.1, -0.05) is 0 Å². The maximum Gasteiger partial charge on any atom is 0.434 e. The third kappa shape index (κ3) is 3.41. The Morgan fingerprint density at radius 1 is 1.35 bits per heavy atom. The lowest BCUT2D eigenvalue weighted by Crippen LogP contribution is -2.26. The molecule has 0 aliphatic carbocycles. The van der Waals surface area contributed by atoms with E-state index in [4.69, 9.17) is 5.26 Å². The molecule has 0 aromatic carbocycles. The molecule has 3 heterocycles. The lowest BCUT2D eigenvalue weighted by atomic mass is 9.99. The van der Waals surface area contributed by atoms with Gasteiger partial charge in [0.1, 0.15) is 17.7 Å². The van der Waals surface area contributed by atoms with Gasteiger partial charge in [0, 0.05) is 25.7 Å². The van der Waals surface area contributed by atoms with Crippen molar-refractivity contribution < 1.29 is 13.2 Å². The van der Waals surface area contributed by atoms with Crippen LogP contribution >= 0.6 is 0 Å². The van der Waals surface area contributed by atoms with Crippen LogP contribution in [0.1, 0.15) is 23.6 Å². The molecular formula is C14H13F3N6. The summed E-state index contributed by atoms with van der Waals surface area (Å²) in [6, 6.07) is 1.88. The van der Waals surface area contributed by atoms with Gasteiger partial charge < -0.3 is 9.88 Å². The summed E-state index contributed by atoms with van der Waals surface area (Å²) >= 11 is 0. The number of fused-ring (bicyclic) bond motifs is 1. The minimum atomic E-state index is -4.41. The van der Waals surface area contributed by atoms with Crippen molar-refractivity contribution in [2.24, 2.45) is 5.92 Å². The van der Waals surface area contributed by atoms with Gasteiger partial charge >= 0.3 is 6.18 Å². The Balaban J connectivity index is 1.61. The van der Waals surface area contributed by atoms with Gasteiger partial charge in [-0.3, -0.25) is 0 Å². The van der Waals surface area contributed by atoms with Crippen LogP contribution in [0, 0.1) is 17.2 Å². The van der Waals surface area contributed by atoms with Crippen LogP contribution in [0.2, 0.25) is 0 Å². The van der Waals surface area contributed by atoms with Gasteiger partial charge in [-0.2, -0.15) is 18.4 Å². The lowest BCUT2D eigenvalue weighted by Gasteiger charge is -2.24. The Morgan fingerprint density at radius 2 is 2.17 bits per heavy atom. The summed E-state index contributed by atoms with van der Waals surface area (Å²) in [4.78, 5) is 11.6. The van der Waals surface area contributed by atoms with E-state index in [1.165, 1.54) is 12.4 Å². The van der Waals surface area contributed by atoms with Crippen molar-refractivity contribution in [3.8, 4) is 6.07 Å². The topological polar surface area (TPSA) is 79.4 Å². The van der Waals surface area contributed by atoms with Gasteiger partial charge in [-0.15, -0.1) is 0 Å². The maximum atomic E-state index is 12.7. The Kier molecular flexibility index (Phi) is 3.90. The number of nitriles is 1. The molecule has 2 aromatic rings. The molecule has 0 radical (unpaired) electrons. The van der Waals surface area contributed by atoms with Crippen molar-refractivity contribution in [3.05, 3.63) is 35.8 Å². The molecule has 1 atom stereocenters. The van der Waals surface area contributed by atoms with Crippen LogP contribution in [-0.4, -0.2) is 26.1 Å². The first-order valence-electron chi connectivity index (χ1n) is 7.05. The number of hydrogen-bond acceptors (Lipinski definition) is 5. The van der Waals surface area contributed by atoms with Crippen molar-refractivity contribution in [1.82, 2.24) is 19.5 Å². The minimum absolute atomic E-state index is 0.176. The van der Waals surface area contributed by atoms with Crippen molar-refractivity contribution in [1.29, 1.82) is 5.26 Å². The molecule has 1 unspecified atom stereocenters. The third-order valence-electron chi connectivity index (χ3n) is 3.72. The SMILES string of the molecule is N#Cc1cnc(NCC2CCc3nc(C(F)(F)F)cn3C2)cn1. The van der Waals surface area contributed by atoms with E-state index in [9.17, 15) is 13.2 Å². The van der Waals surface area contributed by atoms with Gasteiger partial charge in [0.05, 0.1) is 12.4 Å². The van der Waals surface area contributed by atoms with Crippen molar-refractivity contribution in [2.75, 3.05) is 11.9 Å². The molecule has 0 amide bonds. The van der Waals surface area contributed by atoms with Gasteiger partial charge in [0.25, 0.3) is 0 Å². The predicted octanol–water partition coefficient (Wildman–Crippen LogP) is 2.24. The van der Waals surface area contributed by atoms with Gasteiger partial charge in [-0.25, -0.2) is 15.0 Å². The number of aromatic nitrogens is 4.